The second-order valence-electron chi connectivity index (χ2n) is 5.64. The normalized spacial score (nSPS) is 20.4. The van der Waals surface area contributed by atoms with Crippen molar-refractivity contribution in [3.63, 3.8) is 0 Å². The minimum absolute atomic E-state index is 0.00697. The number of hydrogen-bond donors (Lipinski definition) is 1. The highest BCUT2D eigenvalue weighted by atomic mass is 16.4. The Morgan fingerprint density at radius 1 is 1.40 bits per heavy atom. The molecule has 0 aromatic carbocycles. The van der Waals surface area contributed by atoms with E-state index in [0.29, 0.717) is 25.0 Å². The Morgan fingerprint density at radius 2 is 2.10 bits per heavy atom. The lowest BCUT2D eigenvalue weighted by molar-refractivity contribution is -0.136. The van der Waals surface area contributed by atoms with Gasteiger partial charge in [-0.1, -0.05) is 12.0 Å². The van der Waals surface area contributed by atoms with E-state index in [0.717, 1.165) is 6.54 Å². The number of aromatic nitrogens is 2. The molecular weight excluding hydrogens is 258 g/mol. The molecule has 1 saturated heterocycles. The highest BCUT2D eigenvalue weighted by Gasteiger charge is 2.42. The molecular formula is C13H23N5O2. The van der Waals surface area contributed by atoms with Crippen molar-refractivity contribution >= 4 is 11.9 Å². The largest absolute Gasteiger partial charge is 0.406 e. The maximum absolute atomic E-state index is 12.3. The van der Waals surface area contributed by atoms with Gasteiger partial charge in [0.1, 0.15) is 5.54 Å². The van der Waals surface area contributed by atoms with Crippen molar-refractivity contribution in [3.8, 4) is 0 Å². The molecule has 0 radical (unpaired) electrons. The molecule has 1 aromatic heterocycles. The zero-order valence-electron chi connectivity index (χ0n) is 12.8. The van der Waals surface area contributed by atoms with Gasteiger partial charge in [0.05, 0.1) is 6.04 Å². The van der Waals surface area contributed by atoms with Crippen molar-refractivity contribution in [1.82, 2.24) is 20.4 Å². The molecule has 0 aliphatic carbocycles. The van der Waals surface area contributed by atoms with Gasteiger partial charge >= 0.3 is 6.01 Å². The molecule has 2 rings (SSSR count). The Morgan fingerprint density at radius 3 is 2.75 bits per heavy atom. The minimum atomic E-state index is -0.668. The minimum Gasteiger partial charge on any atom is -0.406 e. The van der Waals surface area contributed by atoms with E-state index in [1.165, 1.54) is 0 Å². The zero-order chi connectivity index (χ0) is 14.9. The molecule has 1 aromatic rings. The number of nitrogens with zero attached hydrogens (tertiary/aromatic N) is 4. The van der Waals surface area contributed by atoms with Crippen LogP contribution < -0.4 is 10.2 Å². The molecule has 112 valence electrons. The fourth-order valence-corrected chi connectivity index (χ4v) is 2.45. The van der Waals surface area contributed by atoms with Gasteiger partial charge in [0.25, 0.3) is 0 Å². The van der Waals surface area contributed by atoms with Gasteiger partial charge < -0.3 is 19.5 Å². The first-order chi connectivity index (χ1) is 9.37. The van der Waals surface area contributed by atoms with E-state index in [1.54, 1.807) is 4.90 Å². The van der Waals surface area contributed by atoms with Crippen molar-refractivity contribution in [2.24, 2.45) is 0 Å². The standard InChI is InChI=1S/C13H23N5O2/c1-6-14-9(2)10-15-16-12(20-10)18-8-7-17(5)11(19)13(18,3)4/h9,14H,6-8H2,1-5H3. The Balaban J connectivity index is 2.21. The molecule has 20 heavy (non-hydrogen) atoms. The lowest BCUT2D eigenvalue weighted by Gasteiger charge is -2.43. The van der Waals surface area contributed by atoms with Gasteiger partial charge in [-0.05, 0) is 27.3 Å². The number of carbonyl (C=O) groups excluding carboxylic acids is 1. The quantitative estimate of drug-likeness (QED) is 0.880. The molecule has 7 nitrogen and oxygen atoms in total. The number of anilines is 1. The summed E-state index contributed by atoms with van der Waals surface area (Å²) < 4.78 is 5.73. The van der Waals surface area contributed by atoms with Crippen LogP contribution in [0.4, 0.5) is 6.01 Å². The fraction of sp³-hybridized carbons (Fsp3) is 0.769. The van der Waals surface area contributed by atoms with E-state index >= 15 is 0 Å². The first-order valence-electron chi connectivity index (χ1n) is 6.98. The second-order valence-corrected chi connectivity index (χ2v) is 5.64. The third kappa shape index (κ3) is 2.49. The number of nitrogens with one attached hydrogen (secondary N) is 1. The topological polar surface area (TPSA) is 74.5 Å². The van der Waals surface area contributed by atoms with Gasteiger partial charge in [-0.3, -0.25) is 4.79 Å². The summed E-state index contributed by atoms with van der Waals surface area (Å²) >= 11 is 0. The number of amides is 1. The van der Waals surface area contributed by atoms with Gasteiger partial charge in [0.15, 0.2) is 0 Å². The van der Waals surface area contributed by atoms with Gasteiger partial charge in [0.2, 0.25) is 11.8 Å². The maximum atomic E-state index is 12.3. The Labute approximate surface area is 119 Å². The van der Waals surface area contributed by atoms with Crippen LogP contribution in [-0.2, 0) is 4.79 Å². The summed E-state index contributed by atoms with van der Waals surface area (Å²) in [5, 5.41) is 11.4. The average Bonchev–Trinajstić information content (AvgIpc) is 2.86. The third-order valence-corrected chi connectivity index (χ3v) is 3.75. The molecule has 7 heteroatoms. The predicted molar refractivity (Wildman–Crippen MR) is 75.5 cm³/mol. The van der Waals surface area contributed by atoms with Crippen LogP contribution in [0, 0.1) is 0 Å². The van der Waals surface area contributed by atoms with E-state index in [1.807, 2.05) is 39.6 Å². The van der Waals surface area contributed by atoms with Crippen LogP contribution in [0.3, 0.4) is 0 Å². The molecule has 1 N–H and O–H groups in total. The lowest BCUT2D eigenvalue weighted by atomic mass is 9.98. The smallest absolute Gasteiger partial charge is 0.319 e. The van der Waals surface area contributed by atoms with Crippen LogP contribution in [0.1, 0.15) is 39.6 Å². The highest BCUT2D eigenvalue weighted by Crippen LogP contribution is 2.28. The van der Waals surface area contributed by atoms with Crippen LogP contribution in [0.5, 0.6) is 0 Å². The number of piperazine rings is 1. The maximum Gasteiger partial charge on any atom is 0.319 e. The highest BCUT2D eigenvalue weighted by molar-refractivity contribution is 5.89. The van der Waals surface area contributed by atoms with Crippen molar-refractivity contribution in [2.45, 2.75) is 39.3 Å². The van der Waals surface area contributed by atoms with Crippen LogP contribution in [0.15, 0.2) is 4.42 Å². The molecule has 0 bridgehead atoms. The first kappa shape index (κ1) is 14.8. The lowest BCUT2D eigenvalue weighted by Crippen LogP contribution is -2.62. The summed E-state index contributed by atoms with van der Waals surface area (Å²) in [5.41, 5.74) is -0.668. The van der Waals surface area contributed by atoms with Gasteiger partial charge in [0, 0.05) is 20.1 Å². The van der Waals surface area contributed by atoms with Crippen LogP contribution in [-0.4, -0.2) is 53.2 Å². The molecule has 0 spiro atoms. The number of likely N-dealkylation sites (N-methyl/N-ethyl adjacent to an activating group) is 1. The second kappa shape index (κ2) is 5.40. The Hall–Kier alpha value is -1.63. The fourth-order valence-electron chi connectivity index (χ4n) is 2.45. The molecule has 1 fully saturated rings. The summed E-state index contributed by atoms with van der Waals surface area (Å²) in [4.78, 5) is 15.9. The first-order valence-corrected chi connectivity index (χ1v) is 6.98. The molecule has 1 aliphatic rings. The summed E-state index contributed by atoms with van der Waals surface area (Å²) in [5.74, 6) is 0.604. The molecule has 1 atom stereocenters. The van der Waals surface area contributed by atoms with Gasteiger partial charge in [-0.25, -0.2) is 0 Å². The molecule has 2 heterocycles. The van der Waals surface area contributed by atoms with Crippen LogP contribution in [0.2, 0.25) is 0 Å². The SMILES string of the molecule is CCNC(C)c1nnc(N2CCN(C)C(=O)C2(C)C)o1. The van der Waals surface area contributed by atoms with Crippen LogP contribution >= 0.6 is 0 Å². The summed E-state index contributed by atoms with van der Waals surface area (Å²) in [6, 6.07) is 0.420. The Bertz CT molecular complexity index is 485. The number of hydrogen-bond acceptors (Lipinski definition) is 6. The monoisotopic (exact) mass is 281 g/mol. The van der Waals surface area contributed by atoms with E-state index in [4.69, 9.17) is 4.42 Å². The van der Waals surface area contributed by atoms with E-state index < -0.39 is 5.54 Å². The summed E-state index contributed by atoms with van der Waals surface area (Å²) in [7, 11) is 1.81. The molecule has 1 amide bonds. The van der Waals surface area contributed by atoms with Crippen molar-refractivity contribution in [1.29, 1.82) is 0 Å². The van der Waals surface area contributed by atoms with Gasteiger partial charge in [-0.15, -0.1) is 5.10 Å². The Kier molecular flexibility index (Phi) is 3.99. The number of carbonyl (C=O) groups is 1. The predicted octanol–water partition coefficient (Wildman–Crippen LogP) is 0.797. The zero-order valence-corrected chi connectivity index (χ0v) is 12.8. The van der Waals surface area contributed by atoms with E-state index in [2.05, 4.69) is 15.5 Å². The summed E-state index contributed by atoms with van der Waals surface area (Å²) in [6.45, 7) is 9.93. The molecule has 0 saturated carbocycles. The van der Waals surface area contributed by atoms with Crippen molar-refractivity contribution in [3.05, 3.63) is 5.89 Å². The average molecular weight is 281 g/mol. The van der Waals surface area contributed by atoms with E-state index in [-0.39, 0.29) is 11.9 Å². The summed E-state index contributed by atoms with van der Waals surface area (Å²) in [6.07, 6.45) is 0. The van der Waals surface area contributed by atoms with Crippen LogP contribution in [0.25, 0.3) is 0 Å². The van der Waals surface area contributed by atoms with Crippen molar-refractivity contribution in [2.75, 3.05) is 31.6 Å². The molecule has 1 aliphatic heterocycles. The van der Waals surface area contributed by atoms with Gasteiger partial charge in [-0.2, -0.15) is 0 Å². The van der Waals surface area contributed by atoms with E-state index in [9.17, 15) is 4.79 Å². The third-order valence-electron chi connectivity index (χ3n) is 3.75. The molecule has 1 unspecified atom stereocenters. The van der Waals surface area contributed by atoms with Crippen molar-refractivity contribution < 1.29 is 9.21 Å². The number of rotatable bonds is 4.